The minimum absolute atomic E-state index is 0.353. The van der Waals surface area contributed by atoms with Crippen molar-refractivity contribution >= 4 is 102 Å². The summed E-state index contributed by atoms with van der Waals surface area (Å²) in [6.45, 7) is 2.36. The second-order valence-corrected chi connectivity index (χ2v) is 16.7. The summed E-state index contributed by atoms with van der Waals surface area (Å²) < 4.78 is 12.1. The van der Waals surface area contributed by atoms with Gasteiger partial charge in [-0.1, -0.05) is 109 Å². The third kappa shape index (κ3) is 4.15. The third-order valence-corrected chi connectivity index (χ3v) is 14.0. The van der Waals surface area contributed by atoms with Gasteiger partial charge in [0, 0.05) is 79.2 Å². The van der Waals surface area contributed by atoms with Crippen molar-refractivity contribution < 1.29 is 4.42 Å². The van der Waals surface area contributed by atoms with Gasteiger partial charge in [0.05, 0.1) is 0 Å². The Labute approximate surface area is 319 Å². The van der Waals surface area contributed by atoms with Crippen molar-refractivity contribution in [2.24, 2.45) is 0 Å². The van der Waals surface area contributed by atoms with Crippen LogP contribution in [0.3, 0.4) is 0 Å². The minimum atomic E-state index is -0.353. The number of hydrogen-bond acceptors (Lipinski definition) is 4. The molecule has 12 rings (SSSR count). The van der Waals surface area contributed by atoms with Crippen molar-refractivity contribution in [2.75, 3.05) is 4.90 Å². The van der Waals surface area contributed by atoms with Crippen molar-refractivity contribution in [3.8, 4) is 11.1 Å². The lowest BCUT2D eigenvalue weighted by molar-refractivity contribution is 0.638. The smallest absolute Gasteiger partial charge is 0.139 e. The van der Waals surface area contributed by atoms with Crippen LogP contribution in [0.25, 0.3) is 73.4 Å². The average Bonchev–Trinajstić information content (AvgIpc) is 3.96. The zero-order valence-electron chi connectivity index (χ0n) is 29.3. The molecule has 0 amide bonds. The summed E-state index contributed by atoms with van der Waals surface area (Å²) in [5.41, 5.74) is 11.3. The highest BCUT2D eigenvalue weighted by molar-refractivity contribution is 7.26. The molecule has 0 saturated carbocycles. The molecule has 0 unspecified atom stereocenters. The van der Waals surface area contributed by atoms with Crippen LogP contribution in [0.15, 0.2) is 174 Å². The Hall–Kier alpha value is -6.20. The van der Waals surface area contributed by atoms with Gasteiger partial charge in [-0.15, -0.1) is 22.7 Å². The van der Waals surface area contributed by atoms with Crippen molar-refractivity contribution in [1.29, 1.82) is 0 Å². The molecule has 54 heavy (non-hydrogen) atoms. The standard InChI is InChI=1S/C50H31NOS2/c1-50(41-16-6-2-11-33(41)34-12-3-7-17-42(34)50)43-18-10-15-38-39-27-30(22-25-44(39)52-49(38)43)51(31-23-26-47-40(28-31)36-14-5-9-20-46(36)53-47)32-21-24-37-35-13-4-8-19-45(35)54-48(37)29-32/h2-29H,1H3. The Kier molecular flexibility index (Phi) is 6.26. The molecule has 1 aliphatic rings. The van der Waals surface area contributed by atoms with Crippen molar-refractivity contribution in [2.45, 2.75) is 12.3 Å². The highest BCUT2D eigenvalue weighted by atomic mass is 32.1. The number of fused-ring (bicyclic) bond motifs is 12. The number of benzene rings is 8. The van der Waals surface area contributed by atoms with Crippen molar-refractivity contribution in [1.82, 2.24) is 0 Å². The second kappa shape index (κ2) is 11.2. The molecule has 2 nitrogen and oxygen atoms in total. The summed E-state index contributed by atoms with van der Waals surface area (Å²) >= 11 is 3.71. The molecule has 11 aromatic rings. The van der Waals surface area contributed by atoms with Gasteiger partial charge in [-0.2, -0.15) is 0 Å². The van der Waals surface area contributed by atoms with Crippen molar-refractivity contribution in [3.63, 3.8) is 0 Å². The predicted molar refractivity (Wildman–Crippen MR) is 232 cm³/mol. The van der Waals surface area contributed by atoms with Gasteiger partial charge in [-0.05, 0) is 89.8 Å². The summed E-state index contributed by atoms with van der Waals surface area (Å²) in [6, 6.07) is 62.4. The molecule has 4 heteroatoms. The molecule has 0 N–H and O–H groups in total. The molecular weight excluding hydrogens is 695 g/mol. The van der Waals surface area contributed by atoms with E-state index in [1.807, 2.05) is 22.7 Å². The average molecular weight is 726 g/mol. The molecule has 0 radical (unpaired) electrons. The van der Waals surface area contributed by atoms with Gasteiger partial charge in [0.25, 0.3) is 0 Å². The normalized spacial score (nSPS) is 13.4. The zero-order chi connectivity index (χ0) is 35.5. The summed E-state index contributed by atoms with van der Waals surface area (Å²) in [5, 5.41) is 7.43. The number of rotatable bonds is 4. The fourth-order valence-corrected chi connectivity index (χ4v) is 11.4. The SMILES string of the molecule is CC1(c2cccc3c2oc2ccc(N(c4ccc5c(c4)sc4ccccc45)c4ccc5sc6ccccc6c5c4)cc23)c2ccccc2-c2ccccc21. The van der Waals surface area contributed by atoms with Crippen LogP contribution in [0.5, 0.6) is 0 Å². The highest BCUT2D eigenvalue weighted by Gasteiger charge is 2.42. The lowest BCUT2D eigenvalue weighted by atomic mass is 9.74. The van der Waals surface area contributed by atoms with Crippen molar-refractivity contribution in [3.05, 3.63) is 187 Å². The second-order valence-electron chi connectivity index (χ2n) is 14.6. The number of nitrogens with zero attached hydrogens (tertiary/aromatic N) is 1. The van der Waals surface area contributed by atoms with Crippen LogP contribution < -0.4 is 4.90 Å². The van der Waals surface area contributed by atoms with E-state index >= 15 is 0 Å². The quantitative estimate of drug-likeness (QED) is 0.180. The van der Waals surface area contributed by atoms with Crippen LogP contribution in [0, 0.1) is 0 Å². The lowest BCUT2D eigenvalue weighted by Crippen LogP contribution is -2.22. The molecule has 1 aliphatic carbocycles. The van der Waals surface area contributed by atoms with E-state index in [0.717, 1.165) is 39.0 Å². The first-order valence-electron chi connectivity index (χ1n) is 18.4. The van der Waals surface area contributed by atoms with Crippen LogP contribution in [0.4, 0.5) is 17.1 Å². The third-order valence-electron chi connectivity index (χ3n) is 11.7. The first kappa shape index (κ1) is 30.3. The number of anilines is 3. The highest BCUT2D eigenvalue weighted by Crippen LogP contribution is 2.54. The van der Waals surface area contributed by atoms with Crippen LogP contribution >= 0.6 is 22.7 Å². The molecule has 0 spiro atoms. The van der Waals surface area contributed by atoms with Gasteiger partial charge in [-0.3, -0.25) is 0 Å². The summed E-state index contributed by atoms with van der Waals surface area (Å²) in [5.74, 6) is 0. The zero-order valence-corrected chi connectivity index (χ0v) is 31.0. The Morgan fingerprint density at radius 3 is 1.69 bits per heavy atom. The van der Waals surface area contributed by atoms with E-state index in [9.17, 15) is 0 Å². The van der Waals surface area contributed by atoms with E-state index in [4.69, 9.17) is 4.42 Å². The number of hydrogen-bond donors (Lipinski definition) is 0. The minimum Gasteiger partial charge on any atom is -0.456 e. The molecule has 3 aromatic heterocycles. The fourth-order valence-electron chi connectivity index (χ4n) is 9.22. The number of para-hydroxylation sites is 1. The predicted octanol–water partition coefficient (Wildman–Crippen LogP) is 15.1. The maximum atomic E-state index is 6.91. The number of thiophene rings is 2. The Morgan fingerprint density at radius 2 is 0.926 bits per heavy atom. The Morgan fingerprint density at radius 1 is 0.407 bits per heavy atom. The van der Waals surface area contributed by atoms with Gasteiger partial charge in [0.2, 0.25) is 0 Å². The molecule has 0 aliphatic heterocycles. The fraction of sp³-hybridized carbons (Fsp3) is 0.0400. The van der Waals surface area contributed by atoms with Gasteiger partial charge < -0.3 is 9.32 Å². The lowest BCUT2D eigenvalue weighted by Gasteiger charge is -2.28. The monoisotopic (exact) mass is 725 g/mol. The first-order valence-corrected chi connectivity index (χ1v) is 20.0. The van der Waals surface area contributed by atoms with E-state index in [2.05, 4.69) is 182 Å². The van der Waals surface area contributed by atoms with Gasteiger partial charge >= 0.3 is 0 Å². The van der Waals surface area contributed by atoms with E-state index in [1.165, 1.54) is 68.2 Å². The van der Waals surface area contributed by atoms with E-state index < -0.39 is 0 Å². The van der Waals surface area contributed by atoms with Crippen LogP contribution in [-0.4, -0.2) is 0 Å². The summed E-state index contributed by atoms with van der Waals surface area (Å²) in [7, 11) is 0. The summed E-state index contributed by atoms with van der Waals surface area (Å²) in [6.07, 6.45) is 0. The van der Waals surface area contributed by atoms with E-state index in [1.54, 1.807) is 0 Å². The van der Waals surface area contributed by atoms with Crippen LogP contribution in [-0.2, 0) is 5.41 Å². The van der Waals surface area contributed by atoms with E-state index in [-0.39, 0.29) is 5.41 Å². The Balaban J connectivity index is 1.08. The maximum Gasteiger partial charge on any atom is 0.139 e. The largest absolute Gasteiger partial charge is 0.456 e. The van der Waals surface area contributed by atoms with Crippen LogP contribution in [0.2, 0.25) is 0 Å². The van der Waals surface area contributed by atoms with Crippen LogP contribution in [0.1, 0.15) is 23.6 Å². The molecule has 0 bridgehead atoms. The molecule has 3 heterocycles. The number of furan rings is 1. The molecule has 0 fully saturated rings. The van der Waals surface area contributed by atoms with Gasteiger partial charge in [0.1, 0.15) is 11.2 Å². The topological polar surface area (TPSA) is 16.4 Å². The Bertz CT molecular complexity index is 3280. The maximum absolute atomic E-state index is 6.91. The molecule has 254 valence electrons. The first-order chi connectivity index (χ1) is 26.6. The molecule has 8 aromatic carbocycles. The molecule has 0 saturated heterocycles. The summed E-state index contributed by atoms with van der Waals surface area (Å²) in [4.78, 5) is 2.42. The molecule has 0 atom stereocenters. The van der Waals surface area contributed by atoms with Gasteiger partial charge in [0.15, 0.2) is 0 Å². The van der Waals surface area contributed by atoms with E-state index in [0.29, 0.717) is 0 Å². The van der Waals surface area contributed by atoms with Gasteiger partial charge in [-0.25, -0.2) is 0 Å². The molecular formula is C50H31NOS2.